The average molecular weight is 472 g/mol. The topological polar surface area (TPSA) is 81.1 Å². The molecule has 0 spiro atoms. The molecule has 0 saturated carbocycles. The van der Waals surface area contributed by atoms with Crippen LogP contribution in [0.3, 0.4) is 0 Å². The number of likely N-dealkylation sites (N-methyl/N-ethyl adjacent to an activating group) is 1. The van der Waals surface area contributed by atoms with Gasteiger partial charge < -0.3 is 24.4 Å². The predicted octanol–water partition coefficient (Wildman–Crippen LogP) is 4.64. The van der Waals surface area contributed by atoms with E-state index in [0.717, 1.165) is 46.0 Å². The summed E-state index contributed by atoms with van der Waals surface area (Å²) in [6, 6.07) is 12.2. The molecule has 2 aromatic carbocycles. The van der Waals surface area contributed by atoms with Gasteiger partial charge in [0.1, 0.15) is 36.0 Å². The Balaban J connectivity index is 1.31. The maximum Gasteiger partial charge on any atom is 0.141 e. The number of nitrogens with zero attached hydrogens (tertiary/aromatic N) is 4. The van der Waals surface area contributed by atoms with Crippen LogP contribution in [0.4, 0.5) is 11.5 Å². The Morgan fingerprint density at radius 3 is 2.83 bits per heavy atom. The molecule has 1 aliphatic heterocycles. The Kier molecular flexibility index (Phi) is 6.63. The zero-order valence-corrected chi connectivity index (χ0v) is 20.1. The molecular formula is C27H29N5O3. The Labute approximate surface area is 205 Å². The lowest BCUT2D eigenvalue weighted by Crippen LogP contribution is -2.35. The maximum absolute atomic E-state index is 6.20. The smallest absolute Gasteiger partial charge is 0.141 e. The molecule has 2 unspecified atom stereocenters. The molecule has 3 aromatic rings. The fourth-order valence-electron chi connectivity index (χ4n) is 4.24. The molecular weight excluding hydrogens is 442 g/mol. The van der Waals surface area contributed by atoms with Crippen LogP contribution in [0.15, 0.2) is 71.7 Å². The molecule has 180 valence electrons. The minimum Gasteiger partial charge on any atom is -0.491 e. The Bertz CT molecular complexity index is 1300. The number of hydrogen-bond donors (Lipinski definition) is 1. The molecule has 0 saturated heterocycles. The summed E-state index contributed by atoms with van der Waals surface area (Å²) < 4.78 is 17.0. The second-order valence-corrected chi connectivity index (χ2v) is 8.45. The van der Waals surface area contributed by atoms with E-state index in [1.807, 2.05) is 55.7 Å². The van der Waals surface area contributed by atoms with E-state index in [2.05, 4.69) is 44.3 Å². The van der Waals surface area contributed by atoms with E-state index in [1.165, 1.54) is 0 Å². The largest absolute Gasteiger partial charge is 0.491 e. The molecule has 1 aromatic heterocycles. The molecule has 0 fully saturated rings. The highest BCUT2D eigenvalue weighted by Crippen LogP contribution is 2.31. The summed E-state index contributed by atoms with van der Waals surface area (Å²) >= 11 is 0. The van der Waals surface area contributed by atoms with Crippen molar-refractivity contribution in [3.8, 4) is 11.5 Å². The number of fused-ring (bicyclic) bond motifs is 2. The summed E-state index contributed by atoms with van der Waals surface area (Å²) in [6.45, 7) is 6.12. The summed E-state index contributed by atoms with van der Waals surface area (Å²) in [5.41, 5.74) is 2.76. The van der Waals surface area contributed by atoms with Crippen LogP contribution >= 0.6 is 0 Å². The summed E-state index contributed by atoms with van der Waals surface area (Å²) in [6.07, 6.45) is 9.76. The number of allylic oxidation sites excluding steroid dienone is 1. The lowest BCUT2D eigenvalue weighted by Gasteiger charge is -2.25. The van der Waals surface area contributed by atoms with E-state index in [4.69, 9.17) is 14.2 Å². The molecule has 0 bridgehead atoms. The van der Waals surface area contributed by atoms with Crippen molar-refractivity contribution in [3.63, 3.8) is 0 Å². The van der Waals surface area contributed by atoms with Gasteiger partial charge in [-0.3, -0.25) is 4.99 Å². The lowest BCUT2D eigenvalue weighted by molar-refractivity contribution is 0.146. The van der Waals surface area contributed by atoms with Gasteiger partial charge in [-0.15, -0.1) is 0 Å². The first kappa shape index (κ1) is 22.9. The van der Waals surface area contributed by atoms with E-state index in [1.54, 1.807) is 13.4 Å². The number of nitrogens with one attached hydrogen (secondary N) is 1. The highest BCUT2D eigenvalue weighted by Gasteiger charge is 2.29. The number of methoxy groups -OCH3 is 1. The van der Waals surface area contributed by atoms with Crippen LogP contribution in [0.1, 0.15) is 12.5 Å². The molecule has 8 nitrogen and oxygen atoms in total. The van der Waals surface area contributed by atoms with Gasteiger partial charge in [0.05, 0.1) is 30.5 Å². The fourth-order valence-corrected chi connectivity index (χ4v) is 4.24. The molecule has 2 atom stereocenters. The summed E-state index contributed by atoms with van der Waals surface area (Å²) in [4.78, 5) is 15.7. The van der Waals surface area contributed by atoms with Crippen LogP contribution in [0, 0.1) is 6.92 Å². The molecule has 0 amide bonds. The zero-order chi connectivity index (χ0) is 24.2. The average Bonchev–Trinajstić information content (AvgIpc) is 3.28. The number of aryl methyl sites for hydroxylation is 1. The van der Waals surface area contributed by atoms with Crippen LogP contribution in [0.2, 0.25) is 0 Å². The number of benzene rings is 2. The summed E-state index contributed by atoms with van der Waals surface area (Å²) in [7, 11) is 1.65. The second-order valence-electron chi connectivity index (χ2n) is 8.45. The van der Waals surface area contributed by atoms with Crippen molar-refractivity contribution < 1.29 is 14.2 Å². The normalized spacial score (nSPS) is 18.5. The predicted molar refractivity (Wildman–Crippen MR) is 138 cm³/mol. The molecule has 1 N–H and O–H groups in total. The molecule has 5 rings (SSSR count). The number of hydrogen-bond acceptors (Lipinski definition) is 8. The van der Waals surface area contributed by atoms with Gasteiger partial charge in [-0.05, 0) is 68.0 Å². The second kappa shape index (κ2) is 10.1. The first-order valence-electron chi connectivity index (χ1n) is 11.8. The van der Waals surface area contributed by atoms with E-state index in [-0.39, 0.29) is 12.1 Å². The molecule has 0 radical (unpaired) electrons. The van der Waals surface area contributed by atoms with Crippen molar-refractivity contribution in [3.05, 3.63) is 72.3 Å². The van der Waals surface area contributed by atoms with Gasteiger partial charge in [0, 0.05) is 24.7 Å². The monoisotopic (exact) mass is 471 g/mol. The Morgan fingerprint density at radius 1 is 1.09 bits per heavy atom. The molecule has 2 aliphatic rings. The van der Waals surface area contributed by atoms with Crippen LogP contribution in [0.5, 0.6) is 11.5 Å². The summed E-state index contributed by atoms with van der Waals surface area (Å²) in [5, 5.41) is 4.29. The van der Waals surface area contributed by atoms with Gasteiger partial charge in [-0.2, -0.15) is 0 Å². The van der Waals surface area contributed by atoms with Crippen molar-refractivity contribution in [1.29, 1.82) is 0 Å². The third kappa shape index (κ3) is 4.97. The van der Waals surface area contributed by atoms with Gasteiger partial charge >= 0.3 is 0 Å². The van der Waals surface area contributed by atoms with E-state index < -0.39 is 0 Å². The van der Waals surface area contributed by atoms with Gasteiger partial charge in [0.2, 0.25) is 0 Å². The van der Waals surface area contributed by atoms with Crippen molar-refractivity contribution in [2.45, 2.75) is 25.9 Å². The molecule has 35 heavy (non-hydrogen) atoms. The quantitative estimate of drug-likeness (QED) is 0.455. The Morgan fingerprint density at radius 2 is 2.00 bits per heavy atom. The molecule has 8 heteroatoms. The Hall–Kier alpha value is -3.91. The minimum atomic E-state index is 0.102. The van der Waals surface area contributed by atoms with E-state index >= 15 is 0 Å². The van der Waals surface area contributed by atoms with Gasteiger partial charge in [0.15, 0.2) is 0 Å². The van der Waals surface area contributed by atoms with Gasteiger partial charge in [-0.25, -0.2) is 9.97 Å². The molecule has 1 aliphatic carbocycles. The minimum absolute atomic E-state index is 0.102. The van der Waals surface area contributed by atoms with Crippen LogP contribution in [0.25, 0.3) is 10.9 Å². The maximum atomic E-state index is 6.20. The zero-order valence-electron chi connectivity index (χ0n) is 20.1. The van der Waals surface area contributed by atoms with Crippen LogP contribution in [-0.4, -0.2) is 60.2 Å². The van der Waals surface area contributed by atoms with Crippen molar-refractivity contribution >= 4 is 28.7 Å². The van der Waals surface area contributed by atoms with Gasteiger partial charge in [0.25, 0.3) is 0 Å². The number of aliphatic imine (C=N–C) groups is 1. The SMILES string of the molecule is CCN1C=NC2C=C(Oc3ccc(Nc4ncnc5ccc(OCCOC)cc45)cc3C)C=CC21. The van der Waals surface area contributed by atoms with Crippen molar-refractivity contribution in [1.82, 2.24) is 14.9 Å². The highest BCUT2D eigenvalue weighted by atomic mass is 16.5. The van der Waals surface area contributed by atoms with Gasteiger partial charge in [-0.1, -0.05) is 6.08 Å². The number of anilines is 2. The fraction of sp³-hybridized carbons (Fsp3) is 0.296. The first-order valence-corrected chi connectivity index (χ1v) is 11.8. The molecule has 2 heterocycles. The first-order chi connectivity index (χ1) is 17.1. The summed E-state index contributed by atoms with van der Waals surface area (Å²) in [5.74, 6) is 3.08. The highest BCUT2D eigenvalue weighted by molar-refractivity contribution is 5.91. The van der Waals surface area contributed by atoms with Crippen molar-refractivity contribution in [2.75, 3.05) is 32.2 Å². The number of rotatable bonds is 9. The third-order valence-corrected chi connectivity index (χ3v) is 6.11. The lowest BCUT2D eigenvalue weighted by atomic mass is 10.0. The third-order valence-electron chi connectivity index (χ3n) is 6.11. The van der Waals surface area contributed by atoms with Crippen LogP contribution < -0.4 is 14.8 Å². The number of aromatic nitrogens is 2. The van der Waals surface area contributed by atoms with E-state index in [9.17, 15) is 0 Å². The van der Waals surface area contributed by atoms with Crippen molar-refractivity contribution in [2.24, 2.45) is 4.99 Å². The van der Waals surface area contributed by atoms with E-state index in [0.29, 0.717) is 19.0 Å². The van der Waals surface area contributed by atoms with Crippen LogP contribution in [-0.2, 0) is 4.74 Å². The number of ether oxygens (including phenoxy) is 3. The standard InChI is InChI=1S/C27H29N5O3/c1-4-32-17-30-24-15-21(7-9-25(24)32)35-26-10-5-19(13-18(26)2)31-27-22-14-20(34-12-11-33-3)6-8-23(22)28-16-29-27/h5-10,13-17,24-25H,4,11-12H2,1-3H3,(H,28,29,31).